The summed E-state index contributed by atoms with van der Waals surface area (Å²) in [5.74, 6) is -0.179. The maximum absolute atomic E-state index is 12.7. The average molecular weight is 217 g/mol. The van der Waals surface area contributed by atoms with Crippen LogP contribution in [-0.4, -0.2) is 6.54 Å². The maximum atomic E-state index is 12.7. The third-order valence-corrected chi connectivity index (χ3v) is 2.64. The fourth-order valence-corrected chi connectivity index (χ4v) is 1.75. The van der Waals surface area contributed by atoms with Gasteiger partial charge in [-0.1, -0.05) is 30.4 Å². The molecule has 0 saturated heterocycles. The highest BCUT2D eigenvalue weighted by molar-refractivity contribution is 5.24. The van der Waals surface area contributed by atoms with Crippen molar-refractivity contribution in [1.82, 2.24) is 5.32 Å². The Bertz CT molecular complexity index is 390. The molecule has 0 amide bonds. The predicted molar refractivity (Wildman–Crippen MR) is 64.6 cm³/mol. The molecule has 0 heterocycles. The van der Waals surface area contributed by atoms with Crippen LogP contribution >= 0.6 is 0 Å². The zero-order chi connectivity index (χ0) is 11.2. The summed E-state index contributed by atoms with van der Waals surface area (Å²) in [6, 6.07) is 6.62. The minimum absolute atomic E-state index is 0.179. The fourth-order valence-electron chi connectivity index (χ4n) is 1.75. The lowest BCUT2D eigenvalue weighted by atomic mass is 10.1. The van der Waals surface area contributed by atoms with Gasteiger partial charge in [0.2, 0.25) is 0 Å². The molecule has 1 N–H and O–H groups in total. The van der Waals surface area contributed by atoms with E-state index in [0.717, 1.165) is 31.5 Å². The van der Waals surface area contributed by atoms with Crippen LogP contribution in [0.5, 0.6) is 0 Å². The molecule has 16 heavy (non-hydrogen) atoms. The molecule has 84 valence electrons. The third-order valence-electron chi connectivity index (χ3n) is 2.64. The Balaban J connectivity index is 1.77. The molecule has 0 unspecified atom stereocenters. The summed E-state index contributed by atoms with van der Waals surface area (Å²) in [4.78, 5) is 0. The minimum atomic E-state index is -0.179. The molecule has 0 bridgehead atoms. The molecule has 0 spiro atoms. The van der Waals surface area contributed by atoms with Crippen molar-refractivity contribution in [2.24, 2.45) is 0 Å². The van der Waals surface area contributed by atoms with E-state index in [0.29, 0.717) is 0 Å². The molecule has 0 aromatic heterocycles. The molecule has 2 heteroatoms. The molecule has 1 aromatic carbocycles. The van der Waals surface area contributed by atoms with Gasteiger partial charge in [-0.2, -0.15) is 0 Å². The van der Waals surface area contributed by atoms with Gasteiger partial charge in [-0.15, -0.1) is 0 Å². The van der Waals surface area contributed by atoms with Gasteiger partial charge < -0.3 is 5.32 Å². The van der Waals surface area contributed by atoms with Crippen molar-refractivity contribution in [2.75, 3.05) is 6.54 Å². The summed E-state index contributed by atoms with van der Waals surface area (Å²) in [6.45, 7) is 1.67. The lowest BCUT2D eigenvalue weighted by molar-refractivity contribution is 0.626. The van der Waals surface area contributed by atoms with Gasteiger partial charge in [0.05, 0.1) is 0 Å². The highest BCUT2D eigenvalue weighted by atomic mass is 19.1. The number of hydrogen-bond acceptors (Lipinski definition) is 1. The van der Waals surface area contributed by atoms with Crippen molar-refractivity contribution in [3.8, 4) is 0 Å². The van der Waals surface area contributed by atoms with E-state index < -0.39 is 0 Å². The van der Waals surface area contributed by atoms with Gasteiger partial charge in [-0.25, -0.2) is 4.39 Å². The topological polar surface area (TPSA) is 12.0 Å². The van der Waals surface area contributed by atoms with Crippen LogP contribution in [0.4, 0.5) is 4.39 Å². The summed E-state index contributed by atoms with van der Waals surface area (Å²) in [5, 5.41) is 3.35. The second kappa shape index (κ2) is 5.61. The van der Waals surface area contributed by atoms with E-state index in [9.17, 15) is 4.39 Å². The first kappa shape index (κ1) is 11.1. The SMILES string of the molecule is Fc1ccc(CNCC2=CCCC=C2)cc1. The smallest absolute Gasteiger partial charge is 0.123 e. The number of nitrogens with one attached hydrogen (secondary N) is 1. The van der Waals surface area contributed by atoms with Crippen LogP contribution in [0, 0.1) is 5.82 Å². The van der Waals surface area contributed by atoms with E-state index in [1.54, 1.807) is 0 Å². The molecule has 1 aliphatic carbocycles. The summed E-state index contributed by atoms with van der Waals surface area (Å²) < 4.78 is 12.7. The number of rotatable bonds is 4. The normalized spacial score (nSPS) is 14.9. The first-order valence-electron chi connectivity index (χ1n) is 5.65. The standard InChI is InChI=1S/C14H16FN/c15-14-8-6-13(7-9-14)11-16-10-12-4-2-1-3-5-12/h2,4-9,16H,1,3,10-11H2. The van der Waals surface area contributed by atoms with Gasteiger partial charge in [0.25, 0.3) is 0 Å². The van der Waals surface area contributed by atoms with Crippen LogP contribution in [0.15, 0.2) is 48.1 Å². The zero-order valence-electron chi connectivity index (χ0n) is 9.25. The van der Waals surface area contributed by atoms with E-state index in [1.165, 1.54) is 17.7 Å². The van der Waals surface area contributed by atoms with Crippen LogP contribution in [0.2, 0.25) is 0 Å². The van der Waals surface area contributed by atoms with Gasteiger partial charge in [-0.05, 0) is 36.1 Å². The average Bonchev–Trinajstić information content (AvgIpc) is 2.33. The van der Waals surface area contributed by atoms with Gasteiger partial charge >= 0.3 is 0 Å². The Kier molecular flexibility index (Phi) is 3.89. The van der Waals surface area contributed by atoms with E-state index in [1.807, 2.05) is 12.1 Å². The van der Waals surface area contributed by atoms with Crippen molar-refractivity contribution in [3.05, 3.63) is 59.4 Å². The maximum Gasteiger partial charge on any atom is 0.123 e. The van der Waals surface area contributed by atoms with Crippen molar-refractivity contribution in [1.29, 1.82) is 0 Å². The van der Waals surface area contributed by atoms with Crippen molar-refractivity contribution in [2.45, 2.75) is 19.4 Å². The summed E-state index contributed by atoms with van der Waals surface area (Å²) in [6.07, 6.45) is 8.93. The summed E-state index contributed by atoms with van der Waals surface area (Å²) in [5.41, 5.74) is 2.45. The monoisotopic (exact) mass is 217 g/mol. The van der Waals surface area contributed by atoms with Crippen molar-refractivity contribution < 1.29 is 4.39 Å². The lowest BCUT2D eigenvalue weighted by Crippen LogP contribution is -2.16. The quantitative estimate of drug-likeness (QED) is 0.816. The second-order valence-corrected chi connectivity index (χ2v) is 3.99. The molecule has 0 fully saturated rings. The molecule has 0 radical (unpaired) electrons. The Morgan fingerprint density at radius 3 is 2.56 bits per heavy atom. The molecular weight excluding hydrogens is 201 g/mol. The highest BCUT2D eigenvalue weighted by Gasteiger charge is 1.97. The minimum Gasteiger partial charge on any atom is -0.309 e. The summed E-state index contributed by atoms with van der Waals surface area (Å²) >= 11 is 0. The third kappa shape index (κ3) is 3.31. The zero-order valence-corrected chi connectivity index (χ0v) is 9.25. The lowest BCUT2D eigenvalue weighted by Gasteiger charge is -2.08. The van der Waals surface area contributed by atoms with Crippen molar-refractivity contribution in [3.63, 3.8) is 0 Å². The highest BCUT2D eigenvalue weighted by Crippen LogP contribution is 2.08. The second-order valence-electron chi connectivity index (χ2n) is 3.99. The van der Waals surface area contributed by atoms with Crippen LogP contribution in [0.3, 0.4) is 0 Å². The van der Waals surface area contributed by atoms with Gasteiger partial charge in [0, 0.05) is 13.1 Å². The Morgan fingerprint density at radius 1 is 1.06 bits per heavy atom. The summed E-state index contributed by atoms with van der Waals surface area (Å²) in [7, 11) is 0. The molecule has 1 aromatic rings. The molecule has 0 aliphatic heterocycles. The van der Waals surface area contributed by atoms with E-state index >= 15 is 0 Å². The van der Waals surface area contributed by atoms with Gasteiger partial charge in [-0.3, -0.25) is 0 Å². The Labute approximate surface area is 95.7 Å². The first-order valence-corrected chi connectivity index (χ1v) is 5.65. The van der Waals surface area contributed by atoms with E-state index in [-0.39, 0.29) is 5.82 Å². The fraction of sp³-hybridized carbons (Fsp3) is 0.286. The first-order chi connectivity index (χ1) is 7.84. The Hall–Kier alpha value is -1.41. The van der Waals surface area contributed by atoms with Gasteiger partial charge in [0.15, 0.2) is 0 Å². The molecule has 0 saturated carbocycles. The van der Waals surface area contributed by atoms with Crippen LogP contribution in [-0.2, 0) is 6.54 Å². The van der Waals surface area contributed by atoms with Crippen molar-refractivity contribution >= 4 is 0 Å². The van der Waals surface area contributed by atoms with Crippen LogP contribution in [0.25, 0.3) is 0 Å². The molecule has 1 aliphatic rings. The van der Waals surface area contributed by atoms with E-state index in [2.05, 4.69) is 23.5 Å². The number of hydrogen-bond donors (Lipinski definition) is 1. The molecule has 1 nitrogen and oxygen atoms in total. The molecular formula is C14H16FN. The van der Waals surface area contributed by atoms with Crippen LogP contribution in [0.1, 0.15) is 18.4 Å². The van der Waals surface area contributed by atoms with E-state index in [4.69, 9.17) is 0 Å². The van der Waals surface area contributed by atoms with Crippen LogP contribution < -0.4 is 5.32 Å². The predicted octanol–water partition coefficient (Wildman–Crippen LogP) is 3.19. The number of allylic oxidation sites excluding steroid dienone is 2. The Morgan fingerprint density at radius 2 is 1.88 bits per heavy atom. The largest absolute Gasteiger partial charge is 0.309 e. The number of halogens is 1. The molecule has 2 rings (SSSR count). The number of benzene rings is 1. The molecule has 0 atom stereocenters. The van der Waals surface area contributed by atoms with Gasteiger partial charge in [0.1, 0.15) is 5.82 Å².